The Hall–Kier alpha value is -1.75. The van der Waals surface area contributed by atoms with Gasteiger partial charge in [-0.3, -0.25) is 10.2 Å². The summed E-state index contributed by atoms with van der Waals surface area (Å²) in [5.41, 5.74) is 5.89. The lowest BCUT2D eigenvalue weighted by Gasteiger charge is -2.06. The zero-order valence-corrected chi connectivity index (χ0v) is 9.64. The van der Waals surface area contributed by atoms with Gasteiger partial charge in [-0.25, -0.2) is 0 Å². The van der Waals surface area contributed by atoms with Gasteiger partial charge in [0.05, 0.1) is 0 Å². The number of rotatable bonds is 4. The molecule has 1 amide bonds. The topological polar surface area (TPSA) is 88.2 Å². The fraction of sp³-hybridized carbons (Fsp3) is 0.200. The molecule has 88 valence electrons. The molecule has 0 radical (unpaired) electrons. The molecule has 0 spiro atoms. The molecule has 4 N–H and O–H groups in total. The SMILES string of the molecule is CNC(=O)COc1cccc(C(=N)N)c1.Cl. The third-order valence-corrected chi connectivity index (χ3v) is 1.79. The van der Waals surface area contributed by atoms with Gasteiger partial charge in [-0.05, 0) is 12.1 Å². The van der Waals surface area contributed by atoms with E-state index in [0.717, 1.165) is 0 Å². The zero-order chi connectivity index (χ0) is 11.3. The van der Waals surface area contributed by atoms with Crippen molar-refractivity contribution < 1.29 is 9.53 Å². The minimum atomic E-state index is -0.205. The third kappa shape index (κ3) is 4.18. The molecule has 0 fully saturated rings. The number of likely N-dealkylation sites (N-methyl/N-ethyl adjacent to an activating group) is 1. The second kappa shape index (κ2) is 6.68. The molecule has 0 aliphatic heterocycles. The Labute approximate surface area is 99.9 Å². The second-order valence-corrected chi connectivity index (χ2v) is 2.90. The maximum Gasteiger partial charge on any atom is 0.257 e. The van der Waals surface area contributed by atoms with Crippen LogP contribution in [0.1, 0.15) is 5.56 Å². The molecule has 16 heavy (non-hydrogen) atoms. The van der Waals surface area contributed by atoms with Crippen LogP contribution in [0.5, 0.6) is 5.75 Å². The van der Waals surface area contributed by atoms with E-state index in [4.69, 9.17) is 15.9 Å². The van der Waals surface area contributed by atoms with Crippen LogP contribution in [0.15, 0.2) is 24.3 Å². The molecule has 0 aliphatic carbocycles. The minimum Gasteiger partial charge on any atom is -0.484 e. The molecule has 0 saturated carbocycles. The lowest BCUT2D eigenvalue weighted by molar-refractivity contribution is -0.122. The molecule has 0 atom stereocenters. The van der Waals surface area contributed by atoms with Crippen LogP contribution in [0.4, 0.5) is 0 Å². The van der Waals surface area contributed by atoms with E-state index in [2.05, 4.69) is 5.32 Å². The molecular formula is C10H14ClN3O2. The highest BCUT2D eigenvalue weighted by atomic mass is 35.5. The Kier molecular flexibility index (Phi) is 5.95. The number of nitrogens with one attached hydrogen (secondary N) is 2. The first-order valence-corrected chi connectivity index (χ1v) is 4.41. The van der Waals surface area contributed by atoms with Gasteiger partial charge in [-0.1, -0.05) is 12.1 Å². The number of carbonyl (C=O) groups is 1. The molecule has 0 heterocycles. The average Bonchev–Trinajstić information content (AvgIpc) is 2.26. The average molecular weight is 244 g/mol. The summed E-state index contributed by atoms with van der Waals surface area (Å²) in [7, 11) is 1.54. The molecule has 0 unspecified atom stereocenters. The van der Waals surface area contributed by atoms with E-state index in [1.165, 1.54) is 7.05 Å². The molecule has 1 aromatic rings. The number of hydrogen-bond donors (Lipinski definition) is 3. The van der Waals surface area contributed by atoms with Crippen LogP contribution in [0.2, 0.25) is 0 Å². The van der Waals surface area contributed by atoms with E-state index in [1.807, 2.05) is 0 Å². The standard InChI is InChI=1S/C10H13N3O2.ClH/c1-13-9(14)6-15-8-4-2-3-7(5-8)10(11)12;/h2-5H,6H2,1H3,(H3,11,12)(H,13,14);1H. The van der Waals surface area contributed by atoms with Crippen LogP contribution in [0, 0.1) is 5.41 Å². The van der Waals surface area contributed by atoms with Gasteiger partial charge in [0.2, 0.25) is 0 Å². The second-order valence-electron chi connectivity index (χ2n) is 2.90. The largest absolute Gasteiger partial charge is 0.484 e. The summed E-state index contributed by atoms with van der Waals surface area (Å²) in [5, 5.41) is 9.67. The van der Waals surface area contributed by atoms with Crippen LogP contribution in [-0.4, -0.2) is 25.4 Å². The molecule has 5 nitrogen and oxygen atoms in total. The molecule has 0 aromatic heterocycles. The van der Waals surface area contributed by atoms with Crippen molar-refractivity contribution in [1.29, 1.82) is 5.41 Å². The number of nitrogen functional groups attached to an aromatic ring is 1. The highest BCUT2D eigenvalue weighted by Gasteiger charge is 2.01. The van der Waals surface area contributed by atoms with Crippen molar-refractivity contribution in [2.45, 2.75) is 0 Å². The van der Waals surface area contributed by atoms with E-state index < -0.39 is 0 Å². The summed E-state index contributed by atoms with van der Waals surface area (Å²) in [6.07, 6.45) is 0. The van der Waals surface area contributed by atoms with E-state index in [1.54, 1.807) is 24.3 Å². The summed E-state index contributed by atoms with van der Waals surface area (Å²) >= 11 is 0. The van der Waals surface area contributed by atoms with Crippen LogP contribution in [-0.2, 0) is 4.79 Å². The predicted octanol–water partition coefficient (Wildman–Crippen LogP) is 0.517. The summed E-state index contributed by atoms with van der Waals surface area (Å²) in [4.78, 5) is 10.9. The molecule has 0 saturated heterocycles. The minimum absolute atomic E-state index is 0. The lowest BCUT2D eigenvalue weighted by Crippen LogP contribution is -2.24. The number of halogens is 1. The van der Waals surface area contributed by atoms with Gasteiger partial charge >= 0.3 is 0 Å². The van der Waals surface area contributed by atoms with Gasteiger partial charge in [0.1, 0.15) is 11.6 Å². The summed E-state index contributed by atoms with van der Waals surface area (Å²) < 4.78 is 5.19. The van der Waals surface area contributed by atoms with Crippen molar-refractivity contribution in [3.63, 3.8) is 0 Å². The fourth-order valence-electron chi connectivity index (χ4n) is 0.974. The first-order valence-electron chi connectivity index (χ1n) is 4.41. The summed E-state index contributed by atoms with van der Waals surface area (Å²) in [6, 6.07) is 6.74. The lowest BCUT2D eigenvalue weighted by atomic mass is 10.2. The summed E-state index contributed by atoms with van der Waals surface area (Å²) in [6.45, 7) is -0.0438. The predicted molar refractivity (Wildman–Crippen MR) is 64.3 cm³/mol. The number of amidine groups is 1. The van der Waals surface area contributed by atoms with Crippen molar-refractivity contribution in [3.8, 4) is 5.75 Å². The first-order chi connectivity index (χ1) is 7.13. The maximum atomic E-state index is 10.9. The number of nitrogens with two attached hydrogens (primary N) is 1. The van der Waals surface area contributed by atoms with Crippen LogP contribution >= 0.6 is 12.4 Å². The first kappa shape index (κ1) is 14.2. The fourth-order valence-corrected chi connectivity index (χ4v) is 0.974. The van der Waals surface area contributed by atoms with Crippen molar-refractivity contribution in [2.24, 2.45) is 5.73 Å². The number of ether oxygens (including phenoxy) is 1. The van der Waals surface area contributed by atoms with E-state index in [9.17, 15) is 4.79 Å². The van der Waals surface area contributed by atoms with E-state index in [0.29, 0.717) is 11.3 Å². The maximum absolute atomic E-state index is 10.9. The van der Waals surface area contributed by atoms with Gasteiger partial charge in [-0.2, -0.15) is 0 Å². The monoisotopic (exact) mass is 243 g/mol. The van der Waals surface area contributed by atoms with Gasteiger partial charge in [0, 0.05) is 12.6 Å². The highest BCUT2D eigenvalue weighted by Crippen LogP contribution is 2.12. The van der Waals surface area contributed by atoms with Crippen molar-refractivity contribution in [1.82, 2.24) is 5.32 Å². The number of amides is 1. The molecule has 0 bridgehead atoms. The van der Waals surface area contributed by atoms with Crippen molar-refractivity contribution in [2.75, 3.05) is 13.7 Å². The smallest absolute Gasteiger partial charge is 0.257 e. The number of carbonyl (C=O) groups excluding carboxylic acids is 1. The Balaban J connectivity index is 0.00000225. The quantitative estimate of drug-likeness (QED) is 0.532. The molecule has 6 heteroatoms. The number of hydrogen-bond acceptors (Lipinski definition) is 3. The Morgan fingerprint density at radius 2 is 2.25 bits per heavy atom. The molecule has 1 aromatic carbocycles. The van der Waals surface area contributed by atoms with Crippen LogP contribution in [0.25, 0.3) is 0 Å². The van der Waals surface area contributed by atoms with Crippen LogP contribution < -0.4 is 15.8 Å². The van der Waals surface area contributed by atoms with Crippen molar-refractivity contribution >= 4 is 24.1 Å². The Morgan fingerprint density at radius 1 is 1.56 bits per heavy atom. The van der Waals surface area contributed by atoms with Gasteiger partial charge in [0.15, 0.2) is 6.61 Å². The van der Waals surface area contributed by atoms with Crippen LogP contribution in [0.3, 0.4) is 0 Å². The Bertz CT molecular complexity index is 382. The molecule has 1 rings (SSSR count). The summed E-state index contributed by atoms with van der Waals surface area (Å²) in [5.74, 6) is 0.287. The van der Waals surface area contributed by atoms with Gasteiger partial charge in [0.25, 0.3) is 5.91 Å². The molecular weight excluding hydrogens is 230 g/mol. The van der Waals surface area contributed by atoms with Gasteiger partial charge < -0.3 is 15.8 Å². The highest BCUT2D eigenvalue weighted by molar-refractivity contribution is 5.95. The molecule has 0 aliphatic rings. The van der Waals surface area contributed by atoms with Gasteiger partial charge in [-0.15, -0.1) is 12.4 Å². The van der Waals surface area contributed by atoms with E-state index >= 15 is 0 Å². The Morgan fingerprint density at radius 3 is 2.81 bits per heavy atom. The number of benzene rings is 1. The zero-order valence-electron chi connectivity index (χ0n) is 8.82. The third-order valence-electron chi connectivity index (χ3n) is 1.79. The normalized spacial score (nSPS) is 8.81. The van der Waals surface area contributed by atoms with Crippen molar-refractivity contribution in [3.05, 3.63) is 29.8 Å². The van der Waals surface area contributed by atoms with E-state index in [-0.39, 0.29) is 30.8 Å².